The molecule has 0 aliphatic carbocycles. The zero-order chi connectivity index (χ0) is 36.2. The Balaban J connectivity index is 1.70. The van der Waals surface area contributed by atoms with Gasteiger partial charge < -0.3 is 10.1 Å². The van der Waals surface area contributed by atoms with Gasteiger partial charge in [0.2, 0.25) is 6.43 Å². The number of nitrogens with zero attached hydrogens (tertiary/aromatic N) is 1. The third-order valence-electron chi connectivity index (χ3n) is 8.73. The van der Waals surface area contributed by atoms with Gasteiger partial charge in [0.1, 0.15) is 11.6 Å². The fourth-order valence-electron chi connectivity index (χ4n) is 6.43. The van der Waals surface area contributed by atoms with Gasteiger partial charge in [-0.2, -0.15) is 13.2 Å². The van der Waals surface area contributed by atoms with Gasteiger partial charge in [0, 0.05) is 36.1 Å². The van der Waals surface area contributed by atoms with E-state index in [0.29, 0.717) is 18.0 Å². The van der Waals surface area contributed by atoms with Gasteiger partial charge in [-0.3, -0.25) is 14.2 Å². The topological polar surface area (TPSA) is 60.3 Å². The summed E-state index contributed by atoms with van der Waals surface area (Å²) in [5.41, 5.74) is -2.20. The largest absolute Gasteiger partial charge is 0.466 e. The van der Waals surface area contributed by atoms with E-state index in [-0.39, 0.29) is 52.6 Å². The van der Waals surface area contributed by atoms with Gasteiger partial charge >= 0.3 is 12.1 Å². The molecule has 4 aromatic rings. The van der Waals surface area contributed by atoms with Crippen LogP contribution in [0.4, 0.5) is 30.7 Å². The second-order valence-corrected chi connectivity index (χ2v) is 12.9. The summed E-state index contributed by atoms with van der Waals surface area (Å²) in [6.45, 7) is 3.74. The average Bonchev–Trinajstić information content (AvgIpc) is 3.50. The predicted molar refractivity (Wildman–Crippen MR) is 178 cm³/mol. The molecule has 0 bridgehead atoms. The van der Waals surface area contributed by atoms with Crippen molar-refractivity contribution in [3.63, 3.8) is 0 Å². The second kappa shape index (κ2) is 15.8. The van der Waals surface area contributed by atoms with Crippen LogP contribution in [0.25, 0.3) is 11.1 Å². The Hall–Kier alpha value is -4.10. The minimum absolute atomic E-state index is 0.123. The van der Waals surface area contributed by atoms with Crippen LogP contribution in [0.3, 0.4) is 0 Å². The fourth-order valence-corrected chi connectivity index (χ4v) is 7.86. The summed E-state index contributed by atoms with van der Waals surface area (Å²) in [6, 6.07) is 14.4. The van der Waals surface area contributed by atoms with Crippen molar-refractivity contribution in [2.24, 2.45) is 0 Å². The number of carbonyl (C=O) groups is 1. The van der Waals surface area contributed by atoms with Gasteiger partial charge in [-0.05, 0) is 61.2 Å². The summed E-state index contributed by atoms with van der Waals surface area (Å²) in [7, 11) is 0. The molecule has 266 valence electrons. The Morgan fingerprint density at radius 3 is 2.42 bits per heavy atom. The molecule has 5 rings (SSSR count). The molecule has 0 amide bonds. The van der Waals surface area contributed by atoms with Crippen molar-refractivity contribution in [2.75, 3.05) is 18.9 Å². The zero-order valence-electron chi connectivity index (χ0n) is 27.3. The minimum Gasteiger partial charge on any atom is -0.466 e. The first kappa shape index (κ1) is 37.2. The van der Waals surface area contributed by atoms with E-state index in [4.69, 9.17) is 4.74 Å². The van der Waals surface area contributed by atoms with Crippen molar-refractivity contribution >= 4 is 17.7 Å². The van der Waals surface area contributed by atoms with Crippen LogP contribution in [0.2, 0.25) is 0 Å². The first-order valence-electron chi connectivity index (χ1n) is 16.1. The maximum Gasteiger partial charge on any atom is 0.416 e. The SMILES string of the molecule is CCOC(=O)CCCNC(c1ccccc1)C1CSc2c(Cc3c(F)cccc3C(F)(F)F)c(C)c(-c3cccc(CC(F)F)c3F)c(=O)n21. The van der Waals surface area contributed by atoms with Crippen molar-refractivity contribution in [3.8, 4) is 11.1 Å². The maximum atomic E-state index is 16.0. The van der Waals surface area contributed by atoms with Crippen molar-refractivity contribution in [1.82, 2.24) is 9.88 Å². The van der Waals surface area contributed by atoms with Gasteiger partial charge in [-0.25, -0.2) is 17.6 Å². The summed E-state index contributed by atoms with van der Waals surface area (Å²) < 4.78 is 107. The molecule has 1 aromatic heterocycles. The summed E-state index contributed by atoms with van der Waals surface area (Å²) in [5.74, 6) is -2.23. The normalized spacial score (nSPS) is 15.0. The number of nitrogens with one attached hydrogen (secondary N) is 1. The van der Waals surface area contributed by atoms with Gasteiger partial charge in [-0.1, -0.05) is 54.6 Å². The van der Waals surface area contributed by atoms with Crippen molar-refractivity contribution in [2.45, 2.75) is 69.2 Å². The average molecular weight is 721 g/mol. The highest BCUT2D eigenvalue weighted by molar-refractivity contribution is 7.99. The van der Waals surface area contributed by atoms with Crippen LogP contribution in [0.5, 0.6) is 0 Å². The molecule has 0 fully saturated rings. The van der Waals surface area contributed by atoms with Crippen LogP contribution in [-0.4, -0.2) is 35.9 Å². The Kier molecular flexibility index (Phi) is 11.8. The number of pyridine rings is 1. The lowest BCUT2D eigenvalue weighted by Crippen LogP contribution is -2.36. The fraction of sp³-hybridized carbons (Fsp3) is 0.351. The predicted octanol–water partition coefficient (Wildman–Crippen LogP) is 8.84. The molecule has 5 nitrogen and oxygen atoms in total. The molecule has 50 heavy (non-hydrogen) atoms. The van der Waals surface area contributed by atoms with E-state index in [0.717, 1.165) is 23.8 Å². The molecule has 1 aliphatic heterocycles. The number of halogens is 7. The van der Waals surface area contributed by atoms with Crippen LogP contribution in [-0.2, 0) is 28.5 Å². The number of thioether (sulfide) groups is 1. The van der Waals surface area contributed by atoms with Gasteiger partial charge in [0.25, 0.3) is 5.56 Å². The number of hydrogen-bond acceptors (Lipinski definition) is 5. The number of rotatable bonds is 13. The lowest BCUT2D eigenvalue weighted by atomic mass is 9.91. The van der Waals surface area contributed by atoms with Gasteiger partial charge in [0.15, 0.2) is 0 Å². The summed E-state index contributed by atoms with van der Waals surface area (Å²) in [4.78, 5) is 26.6. The molecular weight excluding hydrogens is 685 g/mol. The Bertz CT molecular complexity index is 1900. The summed E-state index contributed by atoms with van der Waals surface area (Å²) in [5, 5.41) is 3.72. The smallest absolute Gasteiger partial charge is 0.416 e. The van der Waals surface area contributed by atoms with Gasteiger partial charge in [0.05, 0.1) is 34.8 Å². The molecule has 0 saturated carbocycles. The number of carbonyl (C=O) groups excluding carboxylic acids is 1. The molecule has 13 heteroatoms. The number of ether oxygens (including phenoxy) is 1. The lowest BCUT2D eigenvalue weighted by Gasteiger charge is -2.28. The van der Waals surface area contributed by atoms with E-state index in [9.17, 15) is 31.5 Å². The van der Waals surface area contributed by atoms with Crippen LogP contribution in [0.15, 0.2) is 76.6 Å². The third-order valence-corrected chi connectivity index (χ3v) is 9.96. The first-order valence-corrected chi connectivity index (χ1v) is 17.1. The number of aromatic nitrogens is 1. The zero-order valence-corrected chi connectivity index (χ0v) is 28.1. The molecule has 0 saturated heterocycles. The lowest BCUT2D eigenvalue weighted by molar-refractivity contribution is -0.143. The summed E-state index contributed by atoms with van der Waals surface area (Å²) in [6.07, 6.45) is -8.70. The highest BCUT2D eigenvalue weighted by Gasteiger charge is 2.39. The highest BCUT2D eigenvalue weighted by Crippen LogP contribution is 2.45. The second-order valence-electron chi connectivity index (χ2n) is 11.9. The first-order chi connectivity index (χ1) is 23.8. The van der Waals surface area contributed by atoms with Crippen molar-refractivity contribution in [3.05, 3.63) is 122 Å². The molecule has 2 unspecified atom stereocenters. The Morgan fingerprint density at radius 1 is 1.02 bits per heavy atom. The Labute approximate surface area is 288 Å². The third kappa shape index (κ3) is 7.94. The van der Waals surface area contributed by atoms with Crippen LogP contribution < -0.4 is 10.9 Å². The van der Waals surface area contributed by atoms with E-state index in [1.54, 1.807) is 19.1 Å². The van der Waals surface area contributed by atoms with E-state index in [2.05, 4.69) is 5.32 Å². The number of fused-ring (bicyclic) bond motifs is 1. The van der Waals surface area contributed by atoms with Crippen LogP contribution in [0.1, 0.15) is 65.2 Å². The molecule has 0 radical (unpaired) electrons. The summed E-state index contributed by atoms with van der Waals surface area (Å²) >= 11 is 1.21. The molecule has 3 aromatic carbocycles. The Morgan fingerprint density at radius 2 is 1.74 bits per heavy atom. The van der Waals surface area contributed by atoms with E-state index in [1.165, 1.54) is 41.5 Å². The standard InChI is InChI=1S/C37H35F7N2O3S/c1-3-49-31(47)16-9-17-45-34(22-10-5-4-6-11-22)29-20-50-36-25(19-26-27(37(42,43)44)14-8-15-28(26)38)21(2)32(35(48)46(29)36)24-13-7-12-23(33(24)41)18-30(39)40/h4-8,10-15,29-30,34,45H,3,9,16-20H2,1-2H3. The highest BCUT2D eigenvalue weighted by atomic mass is 32.2. The van der Waals surface area contributed by atoms with Crippen molar-refractivity contribution < 1.29 is 40.3 Å². The quantitative estimate of drug-likeness (QED) is 0.0850. The number of hydrogen-bond donors (Lipinski definition) is 1. The number of esters is 1. The van der Waals surface area contributed by atoms with Gasteiger partial charge in [-0.15, -0.1) is 11.8 Å². The molecule has 1 aliphatic rings. The minimum atomic E-state index is -4.89. The van der Waals surface area contributed by atoms with E-state index < -0.39 is 65.8 Å². The number of alkyl halides is 5. The van der Waals surface area contributed by atoms with Crippen LogP contribution >= 0.6 is 11.8 Å². The monoisotopic (exact) mass is 720 g/mol. The molecular formula is C37H35F7N2O3S. The van der Waals surface area contributed by atoms with E-state index in [1.807, 2.05) is 18.2 Å². The molecule has 2 heterocycles. The molecule has 2 atom stereocenters. The number of benzene rings is 3. The van der Waals surface area contributed by atoms with E-state index >= 15 is 8.78 Å². The van der Waals surface area contributed by atoms with Crippen LogP contribution in [0, 0.1) is 18.6 Å². The maximum absolute atomic E-state index is 16.0. The van der Waals surface area contributed by atoms with Crippen molar-refractivity contribution in [1.29, 1.82) is 0 Å². The molecule has 1 N–H and O–H groups in total. The molecule has 0 spiro atoms.